The van der Waals surface area contributed by atoms with Crippen LogP contribution in [0.1, 0.15) is 17.5 Å². The topological polar surface area (TPSA) is 75.7 Å². The number of rotatable bonds is 7. The highest BCUT2D eigenvalue weighted by atomic mass is 32.2. The molecule has 0 unspecified atom stereocenters. The second-order valence-corrected chi connectivity index (χ2v) is 9.08. The third-order valence-electron chi connectivity index (χ3n) is 4.77. The van der Waals surface area contributed by atoms with Crippen LogP contribution in [0.25, 0.3) is 0 Å². The number of hydrogen-bond acceptors (Lipinski definition) is 5. The van der Waals surface area contributed by atoms with Gasteiger partial charge in [-0.2, -0.15) is 0 Å². The number of anilines is 1. The molecule has 0 saturated carbocycles. The maximum Gasteiger partial charge on any atom is 0.225 e. The standard InChI is InChI=1S/C21H26N2O4S/c1-17-6-8-19(9-7-17)28(25,26)15-10-21(24)22-20-5-3-2-4-18(20)16-23-11-13-27-14-12-23/h2-9H,10-16H2,1H3,(H,22,24). The third kappa shape index (κ3) is 5.64. The number of para-hydroxylation sites is 1. The SMILES string of the molecule is Cc1ccc(S(=O)(=O)CCC(=O)Nc2ccccc2CN2CCOCC2)cc1. The molecule has 0 bridgehead atoms. The van der Waals surface area contributed by atoms with Crippen LogP contribution in [-0.2, 0) is 25.9 Å². The molecule has 2 aromatic carbocycles. The highest BCUT2D eigenvalue weighted by molar-refractivity contribution is 7.91. The van der Waals surface area contributed by atoms with E-state index in [2.05, 4.69) is 10.2 Å². The number of morpholine rings is 1. The first-order valence-corrected chi connectivity index (χ1v) is 11.1. The van der Waals surface area contributed by atoms with Gasteiger partial charge >= 0.3 is 0 Å². The van der Waals surface area contributed by atoms with Crippen molar-refractivity contribution in [3.8, 4) is 0 Å². The summed E-state index contributed by atoms with van der Waals surface area (Å²) in [6.45, 7) is 5.77. The Morgan fingerprint density at radius 2 is 1.75 bits per heavy atom. The van der Waals surface area contributed by atoms with Crippen molar-refractivity contribution in [1.82, 2.24) is 4.90 Å². The van der Waals surface area contributed by atoms with E-state index in [-0.39, 0.29) is 23.0 Å². The van der Waals surface area contributed by atoms with Crippen molar-refractivity contribution in [3.05, 3.63) is 59.7 Å². The zero-order chi connectivity index (χ0) is 20.0. The molecule has 0 atom stereocenters. The van der Waals surface area contributed by atoms with Gasteiger partial charge in [-0.05, 0) is 30.7 Å². The molecule has 1 aliphatic rings. The largest absolute Gasteiger partial charge is 0.379 e. The molecule has 1 N–H and O–H groups in total. The van der Waals surface area contributed by atoms with E-state index in [9.17, 15) is 13.2 Å². The number of ether oxygens (including phenoxy) is 1. The van der Waals surface area contributed by atoms with E-state index in [1.54, 1.807) is 24.3 Å². The van der Waals surface area contributed by atoms with Crippen molar-refractivity contribution in [3.63, 3.8) is 0 Å². The number of nitrogens with zero attached hydrogens (tertiary/aromatic N) is 1. The highest BCUT2D eigenvalue weighted by Crippen LogP contribution is 2.19. The summed E-state index contributed by atoms with van der Waals surface area (Å²) >= 11 is 0. The molecule has 0 aromatic heterocycles. The summed E-state index contributed by atoms with van der Waals surface area (Å²) < 4.78 is 30.2. The Bertz CT molecular complexity index is 904. The smallest absolute Gasteiger partial charge is 0.225 e. The fourth-order valence-electron chi connectivity index (χ4n) is 3.08. The number of sulfone groups is 1. The fourth-order valence-corrected chi connectivity index (χ4v) is 4.32. The Labute approximate surface area is 166 Å². The first kappa shape index (κ1) is 20.5. The first-order chi connectivity index (χ1) is 13.4. The van der Waals surface area contributed by atoms with Crippen molar-refractivity contribution < 1.29 is 17.9 Å². The molecule has 0 radical (unpaired) electrons. The molecule has 3 rings (SSSR count). The number of amides is 1. The Balaban J connectivity index is 1.59. The van der Waals surface area contributed by atoms with Crippen LogP contribution in [0.4, 0.5) is 5.69 Å². The quantitative estimate of drug-likeness (QED) is 0.771. The zero-order valence-corrected chi connectivity index (χ0v) is 16.9. The third-order valence-corrected chi connectivity index (χ3v) is 6.50. The number of hydrogen-bond donors (Lipinski definition) is 1. The van der Waals surface area contributed by atoms with E-state index in [1.807, 2.05) is 31.2 Å². The van der Waals surface area contributed by atoms with E-state index in [0.29, 0.717) is 13.2 Å². The molecule has 1 saturated heterocycles. The van der Waals surface area contributed by atoms with E-state index in [1.165, 1.54) is 0 Å². The lowest BCUT2D eigenvalue weighted by Gasteiger charge is -2.27. The van der Waals surface area contributed by atoms with Crippen molar-refractivity contribution >= 4 is 21.4 Å². The summed E-state index contributed by atoms with van der Waals surface area (Å²) in [7, 11) is -3.48. The minimum Gasteiger partial charge on any atom is -0.379 e. The van der Waals surface area contributed by atoms with Gasteiger partial charge in [0.1, 0.15) is 0 Å². The van der Waals surface area contributed by atoms with Gasteiger partial charge in [0.15, 0.2) is 9.84 Å². The van der Waals surface area contributed by atoms with Crippen LogP contribution in [0.15, 0.2) is 53.4 Å². The van der Waals surface area contributed by atoms with Crippen LogP contribution >= 0.6 is 0 Å². The summed E-state index contributed by atoms with van der Waals surface area (Å²) in [5.41, 5.74) is 2.74. The molecule has 1 aliphatic heterocycles. The molecule has 1 amide bonds. The van der Waals surface area contributed by atoms with E-state index >= 15 is 0 Å². The zero-order valence-electron chi connectivity index (χ0n) is 16.1. The van der Waals surface area contributed by atoms with Gasteiger partial charge in [-0.3, -0.25) is 9.69 Å². The Kier molecular flexibility index (Phi) is 6.83. The van der Waals surface area contributed by atoms with E-state index in [0.717, 1.165) is 36.4 Å². The van der Waals surface area contributed by atoms with Crippen LogP contribution < -0.4 is 5.32 Å². The summed E-state index contributed by atoms with van der Waals surface area (Å²) in [5.74, 6) is -0.516. The van der Waals surface area contributed by atoms with Gasteiger partial charge in [0.2, 0.25) is 5.91 Å². The number of carbonyl (C=O) groups is 1. The predicted octanol–water partition coefficient (Wildman–Crippen LogP) is 2.63. The van der Waals surface area contributed by atoms with Gasteiger partial charge in [0.25, 0.3) is 0 Å². The minimum absolute atomic E-state index is 0.0813. The average Bonchev–Trinajstić information content (AvgIpc) is 2.69. The summed E-state index contributed by atoms with van der Waals surface area (Å²) in [6.07, 6.45) is -0.0813. The highest BCUT2D eigenvalue weighted by Gasteiger charge is 2.18. The van der Waals surface area contributed by atoms with Gasteiger partial charge in [0, 0.05) is 31.7 Å². The minimum atomic E-state index is -3.48. The number of benzene rings is 2. The Morgan fingerprint density at radius 1 is 1.07 bits per heavy atom. The van der Waals surface area contributed by atoms with Crippen LogP contribution in [-0.4, -0.2) is 51.3 Å². The molecule has 1 heterocycles. The van der Waals surface area contributed by atoms with Crippen LogP contribution in [0.3, 0.4) is 0 Å². The average molecular weight is 403 g/mol. The van der Waals surface area contributed by atoms with Gasteiger partial charge in [-0.1, -0.05) is 35.9 Å². The van der Waals surface area contributed by atoms with Gasteiger partial charge in [0.05, 0.1) is 23.9 Å². The number of nitrogens with one attached hydrogen (secondary N) is 1. The normalized spacial score (nSPS) is 15.3. The molecule has 7 heteroatoms. The second kappa shape index (κ2) is 9.32. The lowest BCUT2D eigenvalue weighted by molar-refractivity contribution is -0.115. The van der Waals surface area contributed by atoms with Crippen LogP contribution in [0.5, 0.6) is 0 Å². The van der Waals surface area contributed by atoms with Crippen LogP contribution in [0.2, 0.25) is 0 Å². The van der Waals surface area contributed by atoms with Gasteiger partial charge in [-0.15, -0.1) is 0 Å². The molecule has 0 aliphatic carbocycles. The molecule has 6 nitrogen and oxygen atoms in total. The van der Waals surface area contributed by atoms with E-state index < -0.39 is 9.84 Å². The van der Waals surface area contributed by atoms with Crippen molar-refractivity contribution in [2.24, 2.45) is 0 Å². The predicted molar refractivity (Wildman–Crippen MR) is 109 cm³/mol. The van der Waals surface area contributed by atoms with Gasteiger partial charge < -0.3 is 10.1 Å². The first-order valence-electron chi connectivity index (χ1n) is 9.41. The summed E-state index contributed by atoms with van der Waals surface area (Å²) in [4.78, 5) is 14.9. The number of aryl methyl sites for hydroxylation is 1. The maximum absolute atomic E-state index is 12.4. The van der Waals surface area contributed by atoms with Crippen LogP contribution in [0, 0.1) is 6.92 Å². The fraction of sp³-hybridized carbons (Fsp3) is 0.381. The Morgan fingerprint density at radius 3 is 2.46 bits per heavy atom. The lowest BCUT2D eigenvalue weighted by atomic mass is 10.1. The van der Waals surface area contributed by atoms with Gasteiger partial charge in [-0.25, -0.2) is 8.42 Å². The van der Waals surface area contributed by atoms with E-state index in [4.69, 9.17) is 4.74 Å². The molecule has 0 spiro atoms. The molecular weight excluding hydrogens is 376 g/mol. The molecule has 28 heavy (non-hydrogen) atoms. The molecular formula is C21H26N2O4S. The summed E-state index contributed by atoms with van der Waals surface area (Å²) in [6, 6.07) is 14.3. The summed E-state index contributed by atoms with van der Waals surface area (Å²) in [5, 5.41) is 2.87. The van der Waals surface area contributed by atoms with Crippen molar-refractivity contribution in [2.75, 3.05) is 37.4 Å². The monoisotopic (exact) mass is 402 g/mol. The Hall–Kier alpha value is -2.22. The van der Waals surface area contributed by atoms with Crippen molar-refractivity contribution in [2.45, 2.75) is 24.8 Å². The van der Waals surface area contributed by atoms with Crippen molar-refractivity contribution in [1.29, 1.82) is 0 Å². The lowest BCUT2D eigenvalue weighted by Crippen LogP contribution is -2.35. The molecule has 1 fully saturated rings. The molecule has 2 aromatic rings. The number of carbonyl (C=O) groups excluding carboxylic acids is 1. The molecule has 150 valence electrons. The maximum atomic E-state index is 12.4. The second-order valence-electron chi connectivity index (χ2n) is 6.98.